The third kappa shape index (κ3) is 3.08. The minimum Gasteiger partial charge on any atom is -0.300 e. The number of hydrogen-bond donors (Lipinski definition) is 0. The summed E-state index contributed by atoms with van der Waals surface area (Å²) in [6.45, 7) is 6.05. The van der Waals surface area contributed by atoms with Crippen LogP contribution < -0.4 is 0 Å². The van der Waals surface area contributed by atoms with Crippen molar-refractivity contribution in [2.75, 3.05) is 5.34 Å². The number of Topliss-reactive ketones (excluding diaryl/α,β-unsaturated/α-hetero) is 2. The molecule has 4 aliphatic carbocycles. The highest BCUT2D eigenvalue weighted by Crippen LogP contribution is 2.69. The monoisotopic (exact) mass is 490 g/mol. The van der Waals surface area contributed by atoms with Gasteiger partial charge in [-0.3, -0.25) is 14.4 Å². The van der Waals surface area contributed by atoms with Gasteiger partial charge in [-0.1, -0.05) is 35.4 Å². The van der Waals surface area contributed by atoms with Gasteiger partial charge in [-0.15, -0.1) is 23.2 Å². The van der Waals surface area contributed by atoms with Crippen LogP contribution in [0.1, 0.15) is 65.7 Å². The molecule has 3 nitrogen and oxygen atoms in total. The minimum absolute atomic E-state index is 0.0242. The van der Waals surface area contributed by atoms with Gasteiger partial charge in [0, 0.05) is 24.2 Å². The van der Waals surface area contributed by atoms with Gasteiger partial charge in [-0.25, -0.2) is 0 Å². The van der Waals surface area contributed by atoms with Crippen molar-refractivity contribution in [2.45, 2.75) is 70.0 Å². The second-order valence-corrected chi connectivity index (χ2v) is 11.4. The number of carbonyl (C=O) groups excluding carboxylic acids is 3. The van der Waals surface area contributed by atoms with Crippen LogP contribution in [0.25, 0.3) is 0 Å². The molecule has 0 aromatic carbocycles. The van der Waals surface area contributed by atoms with Crippen LogP contribution in [0.4, 0.5) is 0 Å². The molecule has 6 atom stereocenters. The van der Waals surface area contributed by atoms with Crippen molar-refractivity contribution in [1.29, 1.82) is 0 Å². The first-order chi connectivity index (χ1) is 13.1. The maximum absolute atomic E-state index is 13.5. The Kier molecular flexibility index (Phi) is 6.28. The molecule has 0 aromatic rings. The molecule has 6 heteroatoms. The van der Waals surface area contributed by atoms with Crippen LogP contribution in [-0.4, -0.2) is 27.0 Å². The van der Waals surface area contributed by atoms with Crippen molar-refractivity contribution in [3.8, 4) is 0 Å². The summed E-state index contributed by atoms with van der Waals surface area (Å²) in [7, 11) is 0. The maximum Gasteiger partial charge on any atom is 0.155 e. The topological polar surface area (TPSA) is 51.2 Å². The van der Waals surface area contributed by atoms with Gasteiger partial charge in [0.05, 0.1) is 9.66 Å². The summed E-state index contributed by atoms with van der Waals surface area (Å²) in [5, 5.41) is 0.194. The number of alkyl halides is 3. The van der Waals surface area contributed by atoms with Crippen molar-refractivity contribution in [3.63, 3.8) is 0 Å². The van der Waals surface area contributed by atoms with E-state index in [9.17, 15) is 14.4 Å². The Labute approximate surface area is 186 Å². The van der Waals surface area contributed by atoms with Crippen molar-refractivity contribution in [1.82, 2.24) is 0 Å². The molecule has 0 aromatic heterocycles. The first kappa shape index (κ1) is 22.5. The van der Waals surface area contributed by atoms with E-state index < -0.39 is 4.32 Å². The van der Waals surface area contributed by atoms with Crippen molar-refractivity contribution in [3.05, 3.63) is 11.6 Å². The third-order valence-corrected chi connectivity index (χ3v) is 10.2. The van der Waals surface area contributed by atoms with Gasteiger partial charge in [0.2, 0.25) is 0 Å². The number of allylic oxidation sites excluding steroid dienone is 1. The highest BCUT2D eigenvalue weighted by molar-refractivity contribution is 9.10. The Bertz CT molecular complexity index is 735. The molecule has 156 valence electrons. The molecule has 0 unspecified atom stereocenters. The lowest BCUT2D eigenvalue weighted by Gasteiger charge is -2.61. The normalized spacial score (nSPS) is 44.5. The van der Waals surface area contributed by atoms with Crippen LogP contribution in [0.3, 0.4) is 0 Å². The first-order valence-corrected chi connectivity index (χ1v) is 12.0. The molecule has 0 radical (unpaired) electrons. The average molecular weight is 492 g/mol. The third-order valence-electron chi connectivity index (χ3n) is 8.29. The van der Waals surface area contributed by atoms with Gasteiger partial charge in [0.1, 0.15) is 5.78 Å². The van der Waals surface area contributed by atoms with E-state index in [-0.39, 0.29) is 45.4 Å². The predicted molar refractivity (Wildman–Crippen MR) is 116 cm³/mol. The van der Waals surface area contributed by atoms with E-state index in [1.54, 1.807) is 6.92 Å². The zero-order valence-electron chi connectivity index (χ0n) is 16.8. The number of hydrogen-bond acceptors (Lipinski definition) is 3. The van der Waals surface area contributed by atoms with Crippen molar-refractivity contribution < 1.29 is 14.4 Å². The molecule has 0 bridgehead atoms. The summed E-state index contributed by atoms with van der Waals surface area (Å²) < 4.78 is -0.569. The Morgan fingerprint density at radius 2 is 1.79 bits per heavy atom. The number of rotatable bonds is 1. The molecule has 0 heterocycles. The highest BCUT2D eigenvalue weighted by atomic mass is 79.9. The zero-order valence-corrected chi connectivity index (χ0v) is 19.9. The number of halogens is 3. The van der Waals surface area contributed by atoms with Gasteiger partial charge in [0.15, 0.2) is 11.6 Å². The van der Waals surface area contributed by atoms with Gasteiger partial charge >= 0.3 is 0 Å². The van der Waals surface area contributed by atoms with Crippen molar-refractivity contribution >= 4 is 56.5 Å². The number of carbonyl (C=O) groups is 3. The first-order valence-electron chi connectivity index (χ1n) is 10.1. The Balaban J connectivity index is 0.000000706. The summed E-state index contributed by atoms with van der Waals surface area (Å²) in [6.07, 6.45) is 7.40. The molecule has 28 heavy (non-hydrogen) atoms. The molecule has 0 saturated heterocycles. The van der Waals surface area contributed by atoms with Crippen LogP contribution in [0.2, 0.25) is 0 Å². The quantitative estimate of drug-likeness (QED) is 0.433. The van der Waals surface area contributed by atoms with E-state index in [0.29, 0.717) is 18.8 Å². The second-order valence-electron chi connectivity index (χ2n) is 9.38. The molecule has 0 amide bonds. The van der Waals surface area contributed by atoms with Gasteiger partial charge in [0.25, 0.3) is 0 Å². The lowest BCUT2D eigenvalue weighted by Crippen LogP contribution is -2.64. The second kappa shape index (κ2) is 7.81. The fourth-order valence-corrected chi connectivity index (χ4v) is 8.10. The Hall–Kier alpha value is -0.190. The summed E-state index contributed by atoms with van der Waals surface area (Å²) in [5.74, 6) is 1.40. The molecule has 0 spiro atoms. The lowest BCUT2D eigenvalue weighted by atomic mass is 9.46. The van der Waals surface area contributed by atoms with E-state index in [0.717, 1.165) is 37.7 Å². The fourth-order valence-electron chi connectivity index (χ4n) is 6.96. The number of fused-ring (bicyclic) bond motifs is 5. The molecular formula is C22H29BrCl2O3. The molecule has 3 saturated carbocycles. The standard InChI is InChI=1S/C21H27BrO3.CH2Cl2/c1-12(23)15-6-7-16-17-5-4-13-10-14(24)8-9-20(13,3)21(17,22)18(25)11-19(15,16)2;2-1-3/h10,15-17H,4-9,11H2,1-3H3;1H2/t15-,16+,17+,19-,20+,21+;/m1./s1. The van der Waals surface area contributed by atoms with E-state index in [1.807, 2.05) is 6.08 Å². The van der Waals surface area contributed by atoms with Crippen LogP contribution in [-0.2, 0) is 14.4 Å². The highest BCUT2D eigenvalue weighted by Gasteiger charge is 2.69. The maximum atomic E-state index is 13.5. The lowest BCUT2D eigenvalue weighted by molar-refractivity contribution is -0.143. The zero-order chi connectivity index (χ0) is 20.9. The van der Waals surface area contributed by atoms with Gasteiger partial charge in [-0.2, -0.15) is 0 Å². The van der Waals surface area contributed by atoms with E-state index in [1.165, 1.54) is 0 Å². The molecule has 0 N–H and O–H groups in total. The Morgan fingerprint density at radius 3 is 2.39 bits per heavy atom. The summed E-state index contributed by atoms with van der Waals surface area (Å²) >= 11 is 13.5. The SMILES string of the molecule is CC(=O)[C@H]1CC[C@H]2[C@@H]3CCC4=CC(=O)CC[C@]4(C)[C@@]3(Br)C(=O)C[C@]12C.ClCCl. The molecular weight excluding hydrogens is 463 g/mol. The summed E-state index contributed by atoms with van der Waals surface area (Å²) in [4.78, 5) is 37.7. The van der Waals surface area contributed by atoms with Crippen LogP contribution >= 0.6 is 39.1 Å². The van der Waals surface area contributed by atoms with Crippen molar-refractivity contribution in [2.24, 2.45) is 28.6 Å². The predicted octanol–water partition coefficient (Wildman–Crippen LogP) is 5.84. The molecule has 0 aliphatic heterocycles. The van der Waals surface area contributed by atoms with E-state index >= 15 is 0 Å². The van der Waals surface area contributed by atoms with Crippen LogP contribution in [0.15, 0.2) is 11.6 Å². The van der Waals surface area contributed by atoms with E-state index in [4.69, 9.17) is 23.2 Å². The molecule has 4 aliphatic rings. The molecule has 4 rings (SSSR count). The Morgan fingerprint density at radius 1 is 1.14 bits per heavy atom. The largest absolute Gasteiger partial charge is 0.300 e. The number of ketones is 3. The van der Waals surface area contributed by atoms with Gasteiger partial charge < -0.3 is 0 Å². The summed E-state index contributed by atoms with van der Waals surface area (Å²) in [5.41, 5.74) is 0.707. The van der Waals surface area contributed by atoms with E-state index in [2.05, 4.69) is 29.8 Å². The van der Waals surface area contributed by atoms with Gasteiger partial charge in [-0.05, 0) is 62.4 Å². The average Bonchev–Trinajstić information content (AvgIpc) is 2.95. The van der Waals surface area contributed by atoms with Crippen LogP contribution in [0, 0.1) is 28.6 Å². The van der Waals surface area contributed by atoms with Crippen LogP contribution in [0.5, 0.6) is 0 Å². The molecule has 3 fully saturated rings. The summed E-state index contributed by atoms with van der Waals surface area (Å²) in [6, 6.07) is 0. The smallest absolute Gasteiger partial charge is 0.155 e. The fraction of sp³-hybridized carbons (Fsp3) is 0.773. The minimum atomic E-state index is -0.569.